The number of hydrogen-bond donors (Lipinski definition) is 4. The summed E-state index contributed by atoms with van der Waals surface area (Å²) < 4.78 is 64.6. The predicted octanol–water partition coefficient (Wildman–Crippen LogP) is 7.84. The summed E-state index contributed by atoms with van der Waals surface area (Å²) in [5.41, 5.74) is 2.57. The smallest absolute Gasteiger partial charge is 0.294 e. The van der Waals surface area contributed by atoms with Crippen LogP contribution in [0, 0.1) is 25.2 Å². The molecule has 0 amide bonds. The number of aryl methyl sites for hydroxylation is 1. The van der Waals surface area contributed by atoms with Crippen LogP contribution in [0.5, 0.6) is 0 Å². The minimum atomic E-state index is -4.43. The third-order valence-electron chi connectivity index (χ3n) is 6.37. The number of rotatable bonds is 10. The van der Waals surface area contributed by atoms with E-state index in [1.54, 1.807) is 26.0 Å². The molecule has 15 nitrogen and oxygen atoms in total. The molecule has 0 saturated carbocycles. The van der Waals surface area contributed by atoms with Crippen molar-refractivity contribution in [2.24, 2.45) is 20.5 Å². The van der Waals surface area contributed by atoms with Crippen molar-refractivity contribution in [2.45, 2.75) is 23.6 Å². The highest BCUT2D eigenvalue weighted by atomic mass is 32.2. The van der Waals surface area contributed by atoms with Gasteiger partial charge in [-0.1, -0.05) is 29.5 Å². The molecule has 0 radical (unpaired) electrons. The van der Waals surface area contributed by atoms with E-state index < -0.39 is 20.2 Å². The molecule has 2 aromatic heterocycles. The highest BCUT2D eigenvalue weighted by Crippen LogP contribution is 2.39. The molecule has 4 N–H and O–H groups in total. The number of azo groups is 2. The lowest BCUT2D eigenvalue weighted by molar-refractivity contribution is 0.481. The van der Waals surface area contributed by atoms with E-state index in [0.717, 1.165) is 11.3 Å². The van der Waals surface area contributed by atoms with Crippen LogP contribution in [-0.4, -0.2) is 35.9 Å². The van der Waals surface area contributed by atoms with Gasteiger partial charge in [0.1, 0.15) is 11.8 Å². The summed E-state index contributed by atoms with van der Waals surface area (Å²) in [5.74, 6) is 0.188. The minimum absolute atomic E-state index is 0.0781. The number of aromatic nitrogens is 2. The number of benzene rings is 3. The summed E-state index contributed by atoms with van der Waals surface area (Å²) in [7, 11) is -8.84. The average molecular weight is 690 g/mol. The van der Waals surface area contributed by atoms with Crippen LogP contribution in [0.1, 0.15) is 16.8 Å². The molecule has 0 aliphatic rings. The fourth-order valence-corrected chi connectivity index (χ4v) is 5.70. The average Bonchev–Trinajstić information content (AvgIpc) is 3.39. The van der Waals surface area contributed by atoms with Crippen LogP contribution in [-0.2, 0) is 20.2 Å². The fourth-order valence-electron chi connectivity index (χ4n) is 4.03. The maximum atomic E-state index is 11.5. The third kappa shape index (κ3) is 8.04. The summed E-state index contributed by atoms with van der Waals surface area (Å²) in [4.78, 5) is 8.31. The summed E-state index contributed by atoms with van der Waals surface area (Å²) in [6, 6.07) is 21.6. The molecule has 47 heavy (non-hydrogen) atoms. The largest absolute Gasteiger partial charge is 0.339 e. The highest BCUT2D eigenvalue weighted by Gasteiger charge is 2.20. The standard InChI is InChI=1S/C29H23N9O6S3/c1-17-24(16-30)26(32-19-8-12-22(13-9-19)46(39,40)41)34-27(33-20-10-14-23(15-11-20)47(42,43)44)25(17)36-38-29-31-18(2)28(45-29)37-35-21-6-4-3-5-7-21/h3-15H,1-2H3,(H2,32,33,34)(H,39,40,41)(H,42,43,44). The Morgan fingerprint density at radius 1 is 0.723 bits per heavy atom. The Bertz CT molecular complexity index is 2270. The zero-order chi connectivity index (χ0) is 33.8. The van der Waals surface area contributed by atoms with E-state index in [9.17, 15) is 31.2 Å². The molecule has 3 aromatic carbocycles. The monoisotopic (exact) mass is 689 g/mol. The van der Waals surface area contributed by atoms with Crippen molar-refractivity contribution >= 4 is 76.1 Å². The number of pyridine rings is 1. The van der Waals surface area contributed by atoms with Crippen LogP contribution in [0.25, 0.3) is 0 Å². The molecule has 5 aromatic rings. The minimum Gasteiger partial charge on any atom is -0.339 e. The Morgan fingerprint density at radius 2 is 1.28 bits per heavy atom. The van der Waals surface area contributed by atoms with E-state index in [1.165, 1.54) is 48.5 Å². The SMILES string of the molecule is Cc1nc(N=Nc2c(Nc3ccc(S(=O)(=O)O)cc3)nc(Nc3ccc(S(=O)(=O)O)cc3)c(C#N)c2C)sc1N=Nc1ccccc1. The van der Waals surface area contributed by atoms with E-state index in [2.05, 4.69) is 47.1 Å². The summed E-state index contributed by atoms with van der Waals surface area (Å²) in [5, 5.41) is 34.0. The van der Waals surface area contributed by atoms with Crippen LogP contribution in [0.4, 0.5) is 44.5 Å². The first kappa shape index (κ1) is 32.9. The maximum Gasteiger partial charge on any atom is 0.294 e. The van der Waals surface area contributed by atoms with Gasteiger partial charge in [0, 0.05) is 16.9 Å². The van der Waals surface area contributed by atoms with Gasteiger partial charge < -0.3 is 10.6 Å². The molecule has 0 saturated heterocycles. The van der Waals surface area contributed by atoms with Gasteiger partial charge in [0.05, 0.1) is 26.7 Å². The Morgan fingerprint density at radius 3 is 1.81 bits per heavy atom. The van der Waals surface area contributed by atoms with Gasteiger partial charge in [-0.15, -0.1) is 20.5 Å². The molecule has 18 heteroatoms. The Hall–Kier alpha value is -5.45. The van der Waals surface area contributed by atoms with E-state index >= 15 is 0 Å². The predicted molar refractivity (Wildman–Crippen MR) is 174 cm³/mol. The van der Waals surface area contributed by atoms with Gasteiger partial charge in [0.15, 0.2) is 16.6 Å². The van der Waals surface area contributed by atoms with Crippen LogP contribution < -0.4 is 10.6 Å². The van der Waals surface area contributed by atoms with Gasteiger partial charge >= 0.3 is 0 Å². The molecular weight excluding hydrogens is 667 g/mol. The normalized spacial score (nSPS) is 12.0. The number of hydrogen-bond acceptors (Lipinski definition) is 14. The first-order chi connectivity index (χ1) is 22.3. The first-order valence-corrected chi connectivity index (χ1v) is 17.0. The topological polar surface area (TPSA) is 232 Å². The molecule has 0 spiro atoms. The quantitative estimate of drug-likeness (QED) is 0.0814. The lowest BCUT2D eigenvalue weighted by Gasteiger charge is -2.16. The van der Waals surface area contributed by atoms with Crippen molar-refractivity contribution < 1.29 is 25.9 Å². The van der Waals surface area contributed by atoms with Crippen molar-refractivity contribution in [3.63, 3.8) is 0 Å². The zero-order valence-corrected chi connectivity index (χ0v) is 26.8. The van der Waals surface area contributed by atoms with Crippen molar-refractivity contribution in [1.82, 2.24) is 9.97 Å². The van der Waals surface area contributed by atoms with Gasteiger partial charge in [-0.2, -0.15) is 22.1 Å². The third-order valence-corrected chi connectivity index (χ3v) is 9.03. The van der Waals surface area contributed by atoms with Crippen molar-refractivity contribution in [2.75, 3.05) is 10.6 Å². The second-order valence-electron chi connectivity index (χ2n) is 9.64. The molecule has 0 fully saturated rings. The molecule has 0 bridgehead atoms. The Labute approximate surface area is 272 Å². The highest BCUT2D eigenvalue weighted by molar-refractivity contribution is 7.86. The Balaban J connectivity index is 1.54. The van der Waals surface area contributed by atoms with Crippen molar-refractivity contribution in [3.8, 4) is 6.07 Å². The summed E-state index contributed by atoms with van der Waals surface area (Å²) in [6.45, 7) is 3.38. The number of anilines is 4. The molecule has 0 atom stereocenters. The maximum absolute atomic E-state index is 11.5. The van der Waals surface area contributed by atoms with E-state index in [-0.39, 0.29) is 37.8 Å². The van der Waals surface area contributed by atoms with Crippen LogP contribution >= 0.6 is 11.3 Å². The first-order valence-electron chi connectivity index (χ1n) is 13.3. The zero-order valence-electron chi connectivity index (χ0n) is 24.4. The lowest BCUT2D eigenvalue weighted by atomic mass is 10.1. The van der Waals surface area contributed by atoms with Gasteiger partial charge in [0.2, 0.25) is 5.13 Å². The van der Waals surface area contributed by atoms with Crippen molar-refractivity contribution in [3.05, 3.63) is 95.7 Å². The van der Waals surface area contributed by atoms with Crippen LogP contribution in [0.15, 0.2) is 109 Å². The second-order valence-corrected chi connectivity index (χ2v) is 13.4. The molecule has 0 unspecified atom stereocenters. The lowest BCUT2D eigenvalue weighted by Crippen LogP contribution is -2.05. The second kappa shape index (κ2) is 13.5. The number of nitrogens with one attached hydrogen (secondary N) is 2. The van der Waals surface area contributed by atoms with E-state index in [0.29, 0.717) is 33.3 Å². The van der Waals surface area contributed by atoms with Gasteiger partial charge in [0.25, 0.3) is 20.2 Å². The molecular formula is C29H23N9O6S3. The van der Waals surface area contributed by atoms with Crippen LogP contribution in [0.3, 0.4) is 0 Å². The van der Waals surface area contributed by atoms with Crippen molar-refractivity contribution in [1.29, 1.82) is 5.26 Å². The molecule has 2 heterocycles. The van der Waals surface area contributed by atoms with Gasteiger partial charge in [-0.05, 0) is 74.5 Å². The molecule has 0 aliphatic heterocycles. The van der Waals surface area contributed by atoms with Crippen LogP contribution in [0.2, 0.25) is 0 Å². The fraction of sp³-hybridized carbons (Fsp3) is 0.0690. The number of thiazole rings is 1. The molecule has 5 rings (SSSR count). The summed E-state index contributed by atoms with van der Waals surface area (Å²) in [6.07, 6.45) is 0. The molecule has 238 valence electrons. The Kier molecular flexibility index (Phi) is 9.46. The number of nitriles is 1. The van der Waals surface area contributed by atoms with E-state index in [1.807, 2.05) is 18.2 Å². The molecule has 0 aliphatic carbocycles. The van der Waals surface area contributed by atoms with Gasteiger partial charge in [-0.3, -0.25) is 9.11 Å². The van der Waals surface area contributed by atoms with Gasteiger partial charge in [-0.25, -0.2) is 9.97 Å². The summed E-state index contributed by atoms with van der Waals surface area (Å²) >= 11 is 1.14. The van der Waals surface area contributed by atoms with E-state index in [4.69, 9.17) is 0 Å². The number of nitrogens with zero attached hydrogens (tertiary/aromatic N) is 7.